The number of hydrogen-bond acceptors (Lipinski definition) is 2. The van der Waals surface area contributed by atoms with Crippen LogP contribution < -0.4 is 5.32 Å². The van der Waals surface area contributed by atoms with Gasteiger partial charge in [-0.1, -0.05) is 18.2 Å². The molecule has 2 aromatic rings. The number of nitrogens with zero attached hydrogens (tertiary/aromatic N) is 1. The predicted molar refractivity (Wildman–Crippen MR) is 81.2 cm³/mol. The van der Waals surface area contributed by atoms with E-state index in [9.17, 15) is 18.0 Å². The van der Waals surface area contributed by atoms with E-state index >= 15 is 0 Å². The monoisotopic (exact) mass is 325 g/mol. The SMILES string of the molecule is O=C(NC[C@@H]1CCN(CC(F)(F)F)C1)c1cc2ccccc2[nH]1. The van der Waals surface area contributed by atoms with E-state index < -0.39 is 12.7 Å². The Morgan fingerprint density at radius 2 is 2.13 bits per heavy atom. The van der Waals surface area contributed by atoms with Crippen LogP contribution in [-0.2, 0) is 0 Å². The predicted octanol–water partition coefficient (Wildman–Crippen LogP) is 2.78. The number of amides is 1. The number of halogens is 3. The third-order valence-electron chi connectivity index (χ3n) is 4.10. The Kier molecular flexibility index (Phi) is 4.30. The molecule has 2 N–H and O–H groups in total. The third kappa shape index (κ3) is 4.04. The van der Waals surface area contributed by atoms with Crippen LogP contribution in [0.1, 0.15) is 16.9 Å². The van der Waals surface area contributed by atoms with Crippen molar-refractivity contribution in [1.82, 2.24) is 15.2 Å². The van der Waals surface area contributed by atoms with Gasteiger partial charge in [0.25, 0.3) is 5.91 Å². The molecule has 0 saturated carbocycles. The van der Waals surface area contributed by atoms with E-state index in [1.165, 1.54) is 4.90 Å². The lowest BCUT2D eigenvalue weighted by Gasteiger charge is -2.17. The van der Waals surface area contributed by atoms with Gasteiger partial charge in [0.15, 0.2) is 0 Å². The first-order chi connectivity index (χ1) is 10.9. The van der Waals surface area contributed by atoms with Crippen molar-refractivity contribution in [2.75, 3.05) is 26.2 Å². The van der Waals surface area contributed by atoms with Crippen LogP contribution in [0.2, 0.25) is 0 Å². The molecule has 0 radical (unpaired) electrons. The summed E-state index contributed by atoms with van der Waals surface area (Å²) in [6, 6.07) is 9.35. The fourth-order valence-corrected chi connectivity index (χ4v) is 3.00. The van der Waals surface area contributed by atoms with Crippen LogP contribution in [0, 0.1) is 5.92 Å². The molecule has 1 aliphatic rings. The summed E-state index contributed by atoms with van der Waals surface area (Å²) in [7, 11) is 0. The number of para-hydroxylation sites is 1. The topological polar surface area (TPSA) is 48.1 Å². The van der Waals surface area contributed by atoms with Gasteiger partial charge in [0.05, 0.1) is 6.54 Å². The number of aromatic amines is 1. The average Bonchev–Trinajstić information content (AvgIpc) is 3.09. The van der Waals surface area contributed by atoms with Crippen LogP contribution in [-0.4, -0.2) is 48.1 Å². The summed E-state index contributed by atoms with van der Waals surface area (Å²) < 4.78 is 37.1. The first-order valence-corrected chi connectivity index (χ1v) is 7.56. The van der Waals surface area contributed by atoms with E-state index in [-0.39, 0.29) is 11.8 Å². The number of likely N-dealkylation sites (tertiary alicyclic amines) is 1. The van der Waals surface area contributed by atoms with Gasteiger partial charge in [-0.3, -0.25) is 9.69 Å². The molecular formula is C16H18F3N3O. The minimum Gasteiger partial charge on any atom is -0.351 e. The van der Waals surface area contributed by atoms with Crippen molar-refractivity contribution >= 4 is 16.8 Å². The quantitative estimate of drug-likeness (QED) is 0.908. The number of rotatable bonds is 4. The van der Waals surface area contributed by atoms with Crippen molar-refractivity contribution in [3.63, 3.8) is 0 Å². The van der Waals surface area contributed by atoms with Gasteiger partial charge in [-0.15, -0.1) is 0 Å². The van der Waals surface area contributed by atoms with Crippen LogP contribution in [0.15, 0.2) is 30.3 Å². The summed E-state index contributed by atoms with van der Waals surface area (Å²) in [5.74, 6) is -0.166. The lowest BCUT2D eigenvalue weighted by atomic mass is 10.1. The molecule has 124 valence electrons. The Morgan fingerprint density at radius 3 is 2.87 bits per heavy atom. The van der Waals surface area contributed by atoms with Gasteiger partial charge < -0.3 is 10.3 Å². The number of nitrogens with one attached hydrogen (secondary N) is 2. The van der Waals surface area contributed by atoms with E-state index in [1.807, 2.05) is 24.3 Å². The van der Waals surface area contributed by atoms with E-state index in [1.54, 1.807) is 6.07 Å². The number of benzene rings is 1. The molecule has 1 fully saturated rings. The molecule has 23 heavy (non-hydrogen) atoms. The van der Waals surface area contributed by atoms with Gasteiger partial charge in [0.2, 0.25) is 0 Å². The molecule has 1 aliphatic heterocycles. The van der Waals surface area contributed by atoms with Gasteiger partial charge in [0, 0.05) is 24.0 Å². The largest absolute Gasteiger partial charge is 0.401 e. The van der Waals surface area contributed by atoms with Crippen molar-refractivity contribution in [3.05, 3.63) is 36.0 Å². The summed E-state index contributed by atoms with van der Waals surface area (Å²) in [5, 5.41) is 3.76. The highest BCUT2D eigenvalue weighted by Crippen LogP contribution is 2.22. The number of H-pyrrole nitrogens is 1. The number of aromatic nitrogens is 1. The molecule has 0 unspecified atom stereocenters. The van der Waals surface area contributed by atoms with Crippen LogP contribution in [0.4, 0.5) is 13.2 Å². The van der Waals surface area contributed by atoms with Gasteiger partial charge >= 0.3 is 6.18 Å². The van der Waals surface area contributed by atoms with E-state index in [4.69, 9.17) is 0 Å². The number of carbonyl (C=O) groups is 1. The zero-order valence-electron chi connectivity index (χ0n) is 12.5. The molecule has 0 spiro atoms. The van der Waals surface area contributed by atoms with Crippen molar-refractivity contribution < 1.29 is 18.0 Å². The van der Waals surface area contributed by atoms with Crippen molar-refractivity contribution in [2.45, 2.75) is 12.6 Å². The molecule has 0 aliphatic carbocycles. The van der Waals surface area contributed by atoms with Crippen molar-refractivity contribution in [3.8, 4) is 0 Å². The van der Waals surface area contributed by atoms with Crippen LogP contribution >= 0.6 is 0 Å². The highest BCUT2D eigenvalue weighted by Gasteiger charge is 2.34. The minimum absolute atomic E-state index is 0.0608. The maximum absolute atomic E-state index is 12.4. The fraction of sp³-hybridized carbons (Fsp3) is 0.438. The molecule has 1 atom stereocenters. The van der Waals surface area contributed by atoms with E-state index in [0.717, 1.165) is 10.9 Å². The minimum atomic E-state index is -4.16. The van der Waals surface area contributed by atoms with Gasteiger partial charge in [0.1, 0.15) is 5.69 Å². The Hall–Kier alpha value is -2.02. The number of hydrogen-bond donors (Lipinski definition) is 2. The van der Waals surface area contributed by atoms with Crippen molar-refractivity contribution in [1.29, 1.82) is 0 Å². The molecule has 1 amide bonds. The van der Waals surface area contributed by atoms with Crippen molar-refractivity contribution in [2.24, 2.45) is 5.92 Å². The number of carbonyl (C=O) groups excluding carboxylic acids is 1. The standard InChI is InChI=1S/C16H18F3N3O/c17-16(18,19)10-22-6-5-11(9-22)8-20-15(23)14-7-12-3-1-2-4-13(12)21-14/h1-4,7,11,21H,5-6,8-10H2,(H,20,23)/t11-/m0/s1. The summed E-state index contributed by atoms with van der Waals surface area (Å²) in [5.41, 5.74) is 1.35. The van der Waals surface area contributed by atoms with Crippen LogP contribution in [0.5, 0.6) is 0 Å². The second-order valence-electron chi connectivity index (χ2n) is 5.99. The molecule has 2 heterocycles. The lowest BCUT2D eigenvalue weighted by Crippen LogP contribution is -2.34. The molecule has 7 heteroatoms. The van der Waals surface area contributed by atoms with E-state index in [2.05, 4.69) is 10.3 Å². The summed E-state index contributed by atoms with van der Waals surface area (Å²) >= 11 is 0. The van der Waals surface area contributed by atoms with Gasteiger partial charge in [-0.05, 0) is 31.0 Å². The number of alkyl halides is 3. The summed E-state index contributed by atoms with van der Waals surface area (Å²) in [6.07, 6.45) is -3.49. The third-order valence-corrected chi connectivity index (χ3v) is 4.10. The van der Waals surface area contributed by atoms with Crippen LogP contribution in [0.3, 0.4) is 0 Å². The zero-order valence-corrected chi connectivity index (χ0v) is 12.5. The first-order valence-electron chi connectivity index (χ1n) is 7.56. The molecule has 1 aromatic carbocycles. The Labute approximate surface area is 131 Å². The molecule has 4 nitrogen and oxygen atoms in total. The highest BCUT2D eigenvalue weighted by molar-refractivity contribution is 5.97. The summed E-state index contributed by atoms with van der Waals surface area (Å²) in [6.45, 7) is 0.306. The Morgan fingerprint density at radius 1 is 1.35 bits per heavy atom. The average molecular weight is 325 g/mol. The zero-order chi connectivity index (χ0) is 16.4. The molecule has 3 rings (SSSR count). The lowest BCUT2D eigenvalue weighted by molar-refractivity contribution is -0.143. The second-order valence-corrected chi connectivity index (χ2v) is 5.99. The smallest absolute Gasteiger partial charge is 0.351 e. The fourth-order valence-electron chi connectivity index (χ4n) is 3.00. The molecular weight excluding hydrogens is 307 g/mol. The highest BCUT2D eigenvalue weighted by atomic mass is 19.4. The summed E-state index contributed by atoms with van der Waals surface area (Å²) in [4.78, 5) is 16.6. The first kappa shape index (κ1) is 15.9. The second kappa shape index (κ2) is 6.23. The Bertz CT molecular complexity index is 662. The van der Waals surface area contributed by atoms with Gasteiger partial charge in [-0.25, -0.2) is 0 Å². The molecule has 1 aromatic heterocycles. The van der Waals surface area contributed by atoms with E-state index in [0.29, 0.717) is 31.7 Å². The normalized spacial score (nSPS) is 19.3. The molecule has 1 saturated heterocycles. The maximum atomic E-state index is 12.4. The van der Waals surface area contributed by atoms with Gasteiger partial charge in [-0.2, -0.15) is 13.2 Å². The maximum Gasteiger partial charge on any atom is 0.401 e. The van der Waals surface area contributed by atoms with Crippen LogP contribution in [0.25, 0.3) is 10.9 Å². The Balaban J connectivity index is 1.51. The molecule has 0 bridgehead atoms. The number of fused-ring (bicyclic) bond motifs is 1.